The molecule has 130 valence electrons. The molecule has 8 heteroatoms. The van der Waals surface area contributed by atoms with Crippen LogP contribution in [0.4, 0.5) is 0 Å². The van der Waals surface area contributed by atoms with Gasteiger partial charge in [0, 0.05) is 11.1 Å². The van der Waals surface area contributed by atoms with E-state index in [1.165, 1.54) is 6.08 Å². The lowest BCUT2D eigenvalue weighted by Gasteiger charge is -2.16. The molecular formula is C17H20N6O2. The van der Waals surface area contributed by atoms with Gasteiger partial charge in [-0.05, 0) is 24.6 Å². The largest absolute Gasteiger partial charge is 0.348 e. The topological polar surface area (TPSA) is 119 Å². The molecule has 0 unspecified atom stereocenters. The highest BCUT2D eigenvalue weighted by atomic mass is 16.1. The third-order valence-electron chi connectivity index (χ3n) is 3.89. The first kappa shape index (κ1) is 16.8. The van der Waals surface area contributed by atoms with Crippen molar-refractivity contribution < 1.29 is 0 Å². The summed E-state index contributed by atoms with van der Waals surface area (Å²) in [6, 6.07) is 0. The summed E-state index contributed by atoms with van der Waals surface area (Å²) in [6.07, 6.45) is 4.67. The Bertz CT molecular complexity index is 1110. The zero-order valence-corrected chi connectivity index (χ0v) is 14.6. The van der Waals surface area contributed by atoms with Crippen LogP contribution in [0.1, 0.15) is 39.1 Å². The number of nitrogens with one attached hydrogen (secondary N) is 3. The first-order chi connectivity index (χ1) is 11.8. The van der Waals surface area contributed by atoms with E-state index in [0.717, 1.165) is 11.3 Å². The zero-order valence-electron chi connectivity index (χ0n) is 14.6. The van der Waals surface area contributed by atoms with E-state index in [9.17, 15) is 9.59 Å². The lowest BCUT2D eigenvalue weighted by Crippen LogP contribution is -2.46. The van der Waals surface area contributed by atoms with Gasteiger partial charge in [0.15, 0.2) is 0 Å². The maximum Gasteiger partial charge on any atom is 0.272 e. The second kappa shape index (κ2) is 6.12. The Morgan fingerprint density at radius 3 is 2.28 bits per heavy atom. The van der Waals surface area contributed by atoms with E-state index in [1.54, 1.807) is 12.4 Å². The number of azo groups is 1. The van der Waals surface area contributed by atoms with Gasteiger partial charge < -0.3 is 15.0 Å². The fourth-order valence-electron chi connectivity index (χ4n) is 2.52. The van der Waals surface area contributed by atoms with Crippen molar-refractivity contribution in [1.82, 2.24) is 19.9 Å². The second-order valence-electron chi connectivity index (χ2n) is 7.00. The number of H-pyrrole nitrogens is 3. The highest BCUT2D eigenvalue weighted by Gasteiger charge is 2.19. The lowest BCUT2D eigenvalue weighted by atomic mass is 9.90. The molecule has 0 fully saturated rings. The van der Waals surface area contributed by atoms with Gasteiger partial charge in [-0.3, -0.25) is 9.59 Å². The van der Waals surface area contributed by atoms with Crippen molar-refractivity contribution in [3.05, 3.63) is 60.4 Å². The molecule has 2 aromatic heterocycles. The van der Waals surface area contributed by atoms with Crippen molar-refractivity contribution in [3.8, 4) is 0 Å². The molecule has 0 bridgehead atoms. The second-order valence-corrected chi connectivity index (χ2v) is 7.00. The van der Waals surface area contributed by atoms with Crippen LogP contribution < -0.4 is 21.8 Å². The lowest BCUT2D eigenvalue weighted by molar-refractivity contribution is 0.571. The number of hydrogen-bond donors (Lipinski definition) is 3. The average Bonchev–Trinajstić information content (AvgIpc) is 3.13. The molecule has 8 nitrogen and oxygen atoms in total. The normalized spacial score (nSPS) is 16.3. The number of allylic oxidation sites excluding steroid dienone is 1. The molecule has 0 spiro atoms. The molecule has 0 radical (unpaired) electrons. The Kier molecular flexibility index (Phi) is 4.12. The number of hydrogen-bond acceptors (Lipinski definition) is 5. The summed E-state index contributed by atoms with van der Waals surface area (Å²) in [5.41, 5.74) is 2.08. The van der Waals surface area contributed by atoms with Gasteiger partial charge >= 0.3 is 0 Å². The van der Waals surface area contributed by atoms with E-state index in [-0.39, 0.29) is 16.1 Å². The highest BCUT2D eigenvalue weighted by molar-refractivity contribution is 5.49. The third-order valence-corrected chi connectivity index (χ3v) is 3.89. The van der Waals surface area contributed by atoms with Crippen LogP contribution in [0.25, 0.3) is 12.2 Å². The van der Waals surface area contributed by atoms with Crippen LogP contribution in [0.15, 0.2) is 37.4 Å². The van der Waals surface area contributed by atoms with Crippen LogP contribution >= 0.6 is 0 Å². The minimum atomic E-state index is -0.402. The molecule has 3 heterocycles. The Morgan fingerprint density at radius 1 is 1.08 bits per heavy atom. The van der Waals surface area contributed by atoms with Crippen LogP contribution in [0.5, 0.6) is 0 Å². The van der Waals surface area contributed by atoms with Crippen LogP contribution in [0.3, 0.4) is 0 Å². The number of aromatic amines is 3. The molecule has 0 aromatic carbocycles. The molecule has 0 saturated carbocycles. The third kappa shape index (κ3) is 3.42. The van der Waals surface area contributed by atoms with Crippen molar-refractivity contribution in [1.29, 1.82) is 0 Å². The molecular weight excluding hydrogens is 320 g/mol. The summed E-state index contributed by atoms with van der Waals surface area (Å²) in [5.74, 6) is 0. The van der Waals surface area contributed by atoms with Gasteiger partial charge in [-0.25, -0.2) is 4.98 Å². The Labute approximate surface area is 143 Å². The number of rotatable bonds is 2. The summed E-state index contributed by atoms with van der Waals surface area (Å²) >= 11 is 0. The molecule has 2 aromatic rings. The number of imidazole rings is 1. The van der Waals surface area contributed by atoms with E-state index >= 15 is 0 Å². The van der Waals surface area contributed by atoms with Crippen LogP contribution in [-0.2, 0) is 5.41 Å². The van der Waals surface area contributed by atoms with Gasteiger partial charge in [-0.15, -0.1) is 0 Å². The van der Waals surface area contributed by atoms with E-state index in [4.69, 9.17) is 0 Å². The van der Waals surface area contributed by atoms with Crippen molar-refractivity contribution in [2.45, 2.75) is 33.1 Å². The number of nitrogens with zero attached hydrogens (tertiary/aromatic N) is 3. The first-order valence-corrected chi connectivity index (χ1v) is 7.93. The predicted octanol–water partition coefficient (Wildman–Crippen LogP) is 0.433. The van der Waals surface area contributed by atoms with Gasteiger partial charge in [-0.2, -0.15) is 10.2 Å². The average molecular weight is 340 g/mol. The molecule has 3 rings (SSSR count). The molecule has 1 aliphatic rings. The maximum absolute atomic E-state index is 12.3. The monoisotopic (exact) mass is 340 g/mol. The van der Waals surface area contributed by atoms with Crippen molar-refractivity contribution >= 4 is 12.2 Å². The molecule has 25 heavy (non-hydrogen) atoms. The predicted molar refractivity (Wildman–Crippen MR) is 94.7 cm³/mol. The van der Waals surface area contributed by atoms with E-state index in [1.807, 2.05) is 27.7 Å². The fraction of sp³-hybridized carbons (Fsp3) is 0.353. The summed E-state index contributed by atoms with van der Waals surface area (Å²) in [4.78, 5) is 37.2. The van der Waals surface area contributed by atoms with Gasteiger partial charge in [0.25, 0.3) is 11.1 Å². The highest BCUT2D eigenvalue weighted by Crippen LogP contribution is 2.22. The van der Waals surface area contributed by atoms with Crippen LogP contribution in [0.2, 0.25) is 0 Å². The quantitative estimate of drug-likeness (QED) is 0.735. The molecule has 3 N–H and O–H groups in total. The SMILES string of the molecule is CC1=C(/C=c2\[nH]c(=O)/c(=C/c3nc[nH]c3C(C)(C)C)[nH]c2=O)N=NC1. The van der Waals surface area contributed by atoms with Gasteiger partial charge in [0.2, 0.25) is 0 Å². The van der Waals surface area contributed by atoms with Crippen LogP contribution in [0, 0.1) is 0 Å². The van der Waals surface area contributed by atoms with Crippen LogP contribution in [-0.4, -0.2) is 26.5 Å². The molecule has 0 aliphatic carbocycles. The number of aromatic nitrogens is 4. The standard InChI is InChI=1S/C17H20N6O2/c1-9-7-20-23-10(9)5-12-15(24)22-13(16(25)21-12)6-11-14(17(2,3)4)19-8-18-11/h5-6,8H,7H2,1-4H3,(H,18,19)(H,21,25)(H,22,24)/b12-5-,13-6-. The van der Waals surface area contributed by atoms with Crippen molar-refractivity contribution in [3.63, 3.8) is 0 Å². The van der Waals surface area contributed by atoms with E-state index < -0.39 is 11.1 Å². The molecule has 0 amide bonds. The van der Waals surface area contributed by atoms with E-state index in [2.05, 4.69) is 30.2 Å². The Hall–Kier alpha value is -3.03. The Morgan fingerprint density at radius 2 is 1.72 bits per heavy atom. The van der Waals surface area contributed by atoms with Crippen molar-refractivity contribution in [2.75, 3.05) is 6.54 Å². The summed E-state index contributed by atoms with van der Waals surface area (Å²) in [7, 11) is 0. The molecule has 1 aliphatic heterocycles. The maximum atomic E-state index is 12.3. The van der Waals surface area contributed by atoms with Gasteiger partial charge in [0.1, 0.15) is 10.7 Å². The molecule has 0 atom stereocenters. The first-order valence-electron chi connectivity index (χ1n) is 7.93. The van der Waals surface area contributed by atoms with Crippen molar-refractivity contribution in [2.24, 2.45) is 10.2 Å². The van der Waals surface area contributed by atoms with E-state index in [0.29, 0.717) is 17.9 Å². The summed E-state index contributed by atoms with van der Waals surface area (Å²) in [6.45, 7) is 8.50. The van der Waals surface area contributed by atoms with Gasteiger partial charge in [-0.1, -0.05) is 20.8 Å². The zero-order chi connectivity index (χ0) is 18.2. The summed E-state index contributed by atoms with van der Waals surface area (Å²) in [5, 5.41) is 8.15. The minimum absolute atomic E-state index is 0.149. The minimum Gasteiger partial charge on any atom is -0.348 e. The Balaban J connectivity index is 2.14. The fourth-order valence-corrected chi connectivity index (χ4v) is 2.52. The molecule has 0 saturated heterocycles. The van der Waals surface area contributed by atoms with Gasteiger partial charge in [0.05, 0.1) is 24.3 Å². The smallest absolute Gasteiger partial charge is 0.272 e. The summed E-state index contributed by atoms with van der Waals surface area (Å²) < 4.78 is 0.